The maximum atomic E-state index is 12.6. The van der Waals surface area contributed by atoms with Crippen LogP contribution >= 0.6 is 11.3 Å². The summed E-state index contributed by atoms with van der Waals surface area (Å²) in [5.41, 5.74) is 9.67. The molecule has 0 radical (unpaired) electrons. The molecule has 4 rings (SSSR count). The van der Waals surface area contributed by atoms with Crippen LogP contribution in [0.4, 0.5) is 5.95 Å². The quantitative estimate of drug-likeness (QED) is 0.533. The number of hydrogen-bond acceptors (Lipinski definition) is 5. The molecule has 2 aromatic heterocycles. The molecule has 2 heterocycles. The van der Waals surface area contributed by atoms with Crippen molar-refractivity contribution in [3.8, 4) is 21.7 Å². The number of anilines is 1. The van der Waals surface area contributed by atoms with Crippen LogP contribution in [-0.2, 0) is 6.54 Å². The molecule has 0 aliphatic rings. The first-order valence-corrected chi connectivity index (χ1v) is 9.62. The van der Waals surface area contributed by atoms with E-state index in [0.29, 0.717) is 17.1 Å². The van der Waals surface area contributed by atoms with Crippen molar-refractivity contribution in [2.24, 2.45) is 0 Å². The molecule has 28 heavy (non-hydrogen) atoms. The highest BCUT2D eigenvalue weighted by atomic mass is 32.1. The molecular formula is C22H18N4OS. The van der Waals surface area contributed by atoms with Crippen LogP contribution in [0.5, 0.6) is 0 Å². The zero-order valence-corrected chi connectivity index (χ0v) is 15.8. The van der Waals surface area contributed by atoms with Crippen LogP contribution in [0.15, 0.2) is 79.0 Å². The minimum Gasteiger partial charge on any atom is -0.368 e. The average molecular weight is 386 g/mol. The maximum Gasteiger partial charge on any atom is 0.261 e. The van der Waals surface area contributed by atoms with E-state index < -0.39 is 0 Å². The Balaban J connectivity index is 1.49. The average Bonchev–Trinajstić information content (AvgIpc) is 3.23. The highest BCUT2D eigenvalue weighted by Gasteiger charge is 2.12. The van der Waals surface area contributed by atoms with Crippen molar-refractivity contribution in [1.82, 2.24) is 15.3 Å². The number of hydrogen-bond donors (Lipinski definition) is 2. The Bertz CT molecular complexity index is 1110. The second-order valence-corrected chi connectivity index (χ2v) is 7.25. The maximum absolute atomic E-state index is 12.6. The van der Waals surface area contributed by atoms with E-state index in [1.54, 1.807) is 18.3 Å². The van der Waals surface area contributed by atoms with E-state index in [2.05, 4.69) is 33.5 Å². The number of nitrogens with zero attached hydrogens (tertiary/aromatic N) is 2. The van der Waals surface area contributed by atoms with Crippen LogP contribution in [0, 0.1) is 0 Å². The number of nitrogen functional groups attached to an aromatic ring is 1. The van der Waals surface area contributed by atoms with Gasteiger partial charge in [0.25, 0.3) is 5.91 Å². The van der Waals surface area contributed by atoms with E-state index in [-0.39, 0.29) is 11.9 Å². The van der Waals surface area contributed by atoms with Crippen LogP contribution in [0.2, 0.25) is 0 Å². The number of thiophene rings is 1. The van der Waals surface area contributed by atoms with E-state index in [0.717, 1.165) is 21.6 Å². The van der Waals surface area contributed by atoms with Gasteiger partial charge in [-0.25, -0.2) is 9.97 Å². The van der Waals surface area contributed by atoms with E-state index in [9.17, 15) is 4.79 Å². The third kappa shape index (κ3) is 3.92. The third-order valence-electron chi connectivity index (χ3n) is 4.30. The van der Waals surface area contributed by atoms with Crippen LogP contribution in [0.25, 0.3) is 21.7 Å². The monoisotopic (exact) mass is 386 g/mol. The first kappa shape index (κ1) is 17.9. The molecule has 0 aliphatic heterocycles. The zero-order valence-electron chi connectivity index (χ0n) is 15.0. The van der Waals surface area contributed by atoms with Gasteiger partial charge in [0.1, 0.15) is 0 Å². The molecule has 3 N–H and O–H groups in total. The topological polar surface area (TPSA) is 80.9 Å². The molecule has 0 aliphatic carbocycles. The van der Waals surface area contributed by atoms with E-state index >= 15 is 0 Å². The Labute approximate surface area is 166 Å². The number of aromatic nitrogens is 2. The fourth-order valence-electron chi connectivity index (χ4n) is 2.94. The van der Waals surface area contributed by atoms with Crippen molar-refractivity contribution < 1.29 is 4.79 Å². The number of rotatable bonds is 5. The highest BCUT2D eigenvalue weighted by molar-refractivity contribution is 7.17. The summed E-state index contributed by atoms with van der Waals surface area (Å²) in [5, 5.41) is 3.02. The number of carbonyl (C=O) groups is 1. The molecule has 5 nitrogen and oxygen atoms in total. The molecule has 0 spiro atoms. The largest absolute Gasteiger partial charge is 0.368 e. The van der Waals surface area contributed by atoms with Gasteiger partial charge in [0.15, 0.2) is 0 Å². The van der Waals surface area contributed by atoms with Gasteiger partial charge in [-0.05, 0) is 34.9 Å². The second-order valence-electron chi connectivity index (χ2n) is 6.17. The number of benzene rings is 2. The molecule has 4 aromatic rings. The lowest BCUT2D eigenvalue weighted by atomic mass is 10.00. The van der Waals surface area contributed by atoms with Crippen molar-refractivity contribution in [3.05, 3.63) is 89.4 Å². The summed E-state index contributed by atoms with van der Waals surface area (Å²) in [6.45, 7) is 0.456. The minimum atomic E-state index is -0.110. The normalized spacial score (nSPS) is 10.6. The van der Waals surface area contributed by atoms with Gasteiger partial charge < -0.3 is 11.1 Å². The lowest BCUT2D eigenvalue weighted by Crippen LogP contribution is -2.22. The standard InChI is InChI=1S/C22H18N4OS/c23-22-24-13-12-18(26-22)19-10-11-20(28-19)21(27)25-14-16-8-4-5-9-17(16)15-6-2-1-3-7-15/h1-13H,14H2,(H,25,27)(H2,23,24,26). The summed E-state index contributed by atoms with van der Waals surface area (Å²) in [4.78, 5) is 22.2. The Kier molecular flexibility index (Phi) is 5.12. The van der Waals surface area contributed by atoms with Gasteiger partial charge in [0, 0.05) is 12.7 Å². The van der Waals surface area contributed by atoms with Gasteiger partial charge >= 0.3 is 0 Å². The molecule has 2 aromatic carbocycles. The highest BCUT2D eigenvalue weighted by Crippen LogP contribution is 2.27. The van der Waals surface area contributed by atoms with Crippen molar-refractivity contribution in [3.63, 3.8) is 0 Å². The van der Waals surface area contributed by atoms with Crippen molar-refractivity contribution in [2.45, 2.75) is 6.54 Å². The van der Waals surface area contributed by atoms with Crippen molar-refractivity contribution in [1.29, 1.82) is 0 Å². The van der Waals surface area contributed by atoms with Gasteiger partial charge in [-0.15, -0.1) is 11.3 Å². The van der Waals surface area contributed by atoms with Gasteiger partial charge in [-0.3, -0.25) is 4.79 Å². The van der Waals surface area contributed by atoms with Crippen LogP contribution in [-0.4, -0.2) is 15.9 Å². The molecule has 6 heteroatoms. The van der Waals surface area contributed by atoms with Crippen molar-refractivity contribution >= 4 is 23.2 Å². The zero-order chi connectivity index (χ0) is 19.3. The molecule has 138 valence electrons. The summed E-state index contributed by atoms with van der Waals surface area (Å²) >= 11 is 1.38. The summed E-state index contributed by atoms with van der Waals surface area (Å²) < 4.78 is 0. The van der Waals surface area contributed by atoms with Crippen LogP contribution in [0.1, 0.15) is 15.2 Å². The minimum absolute atomic E-state index is 0.110. The molecule has 1 amide bonds. The van der Waals surface area contributed by atoms with E-state index in [1.165, 1.54) is 11.3 Å². The summed E-state index contributed by atoms with van der Waals surface area (Å²) in [6, 6.07) is 23.7. The van der Waals surface area contributed by atoms with Crippen LogP contribution in [0.3, 0.4) is 0 Å². The van der Waals surface area contributed by atoms with Crippen LogP contribution < -0.4 is 11.1 Å². The number of nitrogens with one attached hydrogen (secondary N) is 1. The number of carbonyl (C=O) groups excluding carboxylic acids is 1. The van der Waals surface area contributed by atoms with Gasteiger partial charge in [0.2, 0.25) is 5.95 Å². The Morgan fingerprint density at radius 2 is 1.75 bits per heavy atom. The Hall–Kier alpha value is -3.51. The van der Waals surface area contributed by atoms with E-state index in [4.69, 9.17) is 5.73 Å². The molecule has 0 unspecified atom stereocenters. The SMILES string of the molecule is Nc1nccc(-c2ccc(C(=O)NCc3ccccc3-c3ccccc3)s2)n1. The molecule has 0 saturated heterocycles. The predicted molar refractivity (Wildman–Crippen MR) is 113 cm³/mol. The van der Waals surface area contributed by atoms with Gasteiger partial charge in [-0.2, -0.15) is 0 Å². The lowest BCUT2D eigenvalue weighted by Gasteiger charge is -2.10. The fraction of sp³-hybridized carbons (Fsp3) is 0.0455. The molecule has 0 saturated carbocycles. The third-order valence-corrected chi connectivity index (χ3v) is 5.40. The number of amides is 1. The summed E-state index contributed by atoms with van der Waals surface area (Å²) in [5.74, 6) is 0.107. The summed E-state index contributed by atoms with van der Waals surface area (Å²) in [7, 11) is 0. The fourth-order valence-corrected chi connectivity index (χ4v) is 3.84. The molecule has 0 atom stereocenters. The lowest BCUT2D eigenvalue weighted by molar-refractivity contribution is 0.0955. The molecule has 0 fully saturated rings. The van der Waals surface area contributed by atoms with Gasteiger partial charge in [0.05, 0.1) is 15.4 Å². The molecule has 0 bridgehead atoms. The van der Waals surface area contributed by atoms with Gasteiger partial charge in [-0.1, -0.05) is 54.6 Å². The van der Waals surface area contributed by atoms with E-state index in [1.807, 2.05) is 42.5 Å². The Morgan fingerprint density at radius 1 is 0.964 bits per heavy atom. The summed E-state index contributed by atoms with van der Waals surface area (Å²) in [6.07, 6.45) is 1.61. The first-order chi connectivity index (χ1) is 13.7. The first-order valence-electron chi connectivity index (χ1n) is 8.81. The predicted octanol–water partition coefficient (Wildman–Crippen LogP) is 4.38. The Morgan fingerprint density at radius 3 is 2.57 bits per heavy atom. The number of nitrogens with two attached hydrogens (primary N) is 1. The molecular weight excluding hydrogens is 368 g/mol. The second kappa shape index (κ2) is 8.02. The van der Waals surface area contributed by atoms with Crippen molar-refractivity contribution in [2.75, 3.05) is 5.73 Å². The smallest absolute Gasteiger partial charge is 0.261 e.